The van der Waals surface area contributed by atoms with Gasteiger partial charge in [-0.2, -0.15) is 4.31 Å². The van der Waals surface area contributed by atoms with Crippen molar-refractivity contribution in [3.8, 4) is 0 Å². The highest BCUT2D eigenvalue weighted by Gasteiger charge is 2.32. The minimum Gasteiger partial charge on any atom is -0.465 e. The third kappa shape index (κ3) is 3.14. The number of anilines is 1. The number of hydrogen-bond donors (Lipinski definition) is 1. The zero-order valence-electron chi connectivity index (χ0n) is 15.5. The number of methoxy groups -OCH3 is 1. The molecule has 1 aromatic heterocycles. The minimum atomic E-state index is -3.79. The minimum absolute atomic E-state index is 0.0111. The van der Waals surface area contributed by atoms with Gasteiger partial charge in [0.1, 0.15) is 0 Å². The highest BCUT2D eigenvalue weighted by atomic mass is 32.2. The Morgan fingerprint density at radius 3 is 2.50 bits per heavy atom. The van der Waals surface area contributed by atoms with Crippen molar-refractivity contribution in [1.29, 1.82) is 0 Å². The number of benzene rings is 2. The summed E-state index contributed by atoms with van der Waals surface area (Å²) in [6.45, 7) is 1.84. The van der Waals surface area contributed by atoms with Crippen LogP contribution < -0.4 is 4.90 Å². The van der Waals surface area contributed by atoms with Crippen molar-refractivity contribution in [2.75, 3.05) is 38.2 Å². The van der Waals surface area contributed by atoms with Gasteiger partial charge in [-0.1, -0.05) is 18.2 Å². The molecule has 1 fully saturated rings. The number of nitrogens with zero attached hydrogens (tertiary/aromatic N) is 2. The second kappa shape index (κ2) is 7.29. The number of hydrogen-bond acceptors (Lipinski definition) is 5. The Kier molecular flexibility index (Phi) is 4.82. The molecule has 0 unspecified atom stereocenters. The fourth-order valence-corrected chi connectivity index (χ4v) is 5.23. The first-order chi connectivity index (χ1) is 13.5. The van der Waals surface area contributed by atoms with Gasteiger partial charge in [0.05, 0.1) is 17.6 Å². The van der Waals surface area contributed by atoms with E-state index in [1.54, 1.807) is 12.1 Å². The quantitative estimate of drug-likeness (QED) is 0.682. The van der Waals surface area contributed by atoms with E-state index in [9.17, 15) is 13.2 Å². The van der Waals surface area contributed by atoms with Crippen LogP contribution in [0.4, 0.5) is 5.69 Å². The standard InChI is InChI=1S/C20H21N3O4S/c1-27-20(24)16-5-2-3-8-19(16)28(25,26)23-13-11-22(12-14-23)18-7-4-6-17-15(18)9-10-21-17/h2-10,21H,11-14H2,1H3. The SMILES string of the molecule is COC(=O)c1ccccc1S(=O)(=O)N1CCN(c2cccc3[nH]ccc23)CC1. The number of esters is 1. The zero-order valence-corrected chi connectivity index (χ0v) is 16.3. The molecule has 8 heteroatoms. The summed E-state index contributed by atoms with van der Waals surface area (Å²) in [6.07, 6.45) is 1.90. The van der Waals surface area contributed by atoms with Crippen LogP contribution >= 0.6 is 0 Å². The molecule has 1 saturated heterocycles. The normalized spacial score (nSPS) is 15.7. The molecule has 1 N–H and O–H groups in total. The third-order valence-electron chi connectivity index (χ3n) is 5.06. The average Bonchev–Trinajstić information content (AvgIpc) is 3.22. The van der Waals surface area contributed by atoms with E-state index < -0.39 is 16.0 Å². The Balaban J connectivity index is 1.57. The number of carbonyl (C=O) groups excluding carboxylic acids is 1. The van der Waals surface area contributed by atoms with Gasteiger partial charge in [-0.15, -0.1) is 0 Å². The number of aromatic nitrogens is 1. The topological polar surface area (TPSA) is 82.7 Å². The molecular formula is C20H21N3O4S. The molecule has 0 saturated carbocycles. The Labute approximate surface area is 163 Å². The van der Waals surface area contributed by atoms with Crippen LogP contribution in [0.25, 0.3) is 10.9 Å². The molecule has 1 aliphatic rings. The van der Waals surface area contributed by atoms with Crippen molar-refractivity contribution in [2.45, 2.75) is 4.90 Å². The van der Waals surface area contributed by atoms with Crippen LogP contribution in [-0.2, 0) is 14.8 Å². The maximum absolute atomic E-state index is 13.1. The molecule has 0 bridgehead atoms. The van der Waals surface area contributed by atoms with Crippen molar-refractivity contribution in [3.05, 3.63) is 60.3 Å². The van der Waals surface area contributed by atoms with Crippen molar-refractivity contribution < 1.29 is 17.9 Å². The summed E-state index contributed by atoms with van der Waals surface area (Å²) in [6, 6.07) is 14.2. The highest BCUT2D eigenvalue weighted by molar-refractivity contribution is 7.89. The van der Waals surface area contributed by atoms with Gasteiger partial charge in [-0.25, -0.2) is 13.2 Å². The van der Waals surface area contributed by atoms with Gasteiger partial charge in [-0.05, 0) is 30.3 Å². The van der Waals surface area contributed by atoms with Gasteiger partial charge >= 0.3 is 5.97 Å². The Bertz CT molecular complexity index is 1120. The maximum Gasteiger partial charge on any atom is 0.339 e. The van der Waals surface area contributed by atoms with Crippen molar-refractivity contribution in [2.24, 2.45) is 0 Å². The monoisotopic (exact) mass is 399 g/mol. The molecule has 0 atom stereocenters. The molecule has 0 radical (unpaired) electrons. The first kappa shape index (κ1) is 18.5. The Hall–Kier alpha value is -2.84. The van der Waals surface area contributed by atoms with Gasteiger partial charge in [-0.3, -0.25) is 0 Å². The van der Waals surface area contributed by atoms with Gasteiger partial charge in [0.25, 0.3) is 0 Å². The third-order valence-corrected chi connectivity index (χ3v) is 7.02. The molecule has 3 aromatic rings. The largest absolute Gasteiger partial charge is 0.465 e. The summed E-state index contributed by atoms with van der Waals surface area (Å²) in [4.78, 5) is 17.4. The van der Waals surface area contributed by atoms with E-state index in [1.165, 1.54) is 23.5 Å². The number of fused-ring (bicyclic) bond motifs is 1. The zero-order chi connectivity index (χ0) is 19.7. The van der Waals surface area contributed by atoms with Crippen molar-refractivity contribution in [3.63, 3.8) is 0 Å². The number of ether oxygens (including phenoxy) is 1. The Morgan fingerprint density at radius 1 is 1.00 bits per heavy atom. The van der Waals surface area contributed by atoms with E-state index >= 15 is 0 Å². The van der Waals surface area contributed by atoms with Gasteiger partial charge in [0, 0.05) is 49.0 Å². The van der Waals surface area contributed by atoms with Crippen LogP contribution in [0.3, 0.4) is 0 Å². The van der Waals surface area contributed by atoms with Crippen LogP contribution in [0.1, 0.15) is 10.4 Å². The summed E-state index contributed by atoms with van der Waals surface area (Å²) in [7, 11) is -2.54. The lowest BCUT2D eigenvalue weighted by Crippen LogP contribution is -2.49. The summed E-state index contributed by atoms with van der Waals surface area (Å²) in [5.41, 5.74) is 2.20. The number of carbonyl (C=O) groups is 1. The number of rotatable bonds is 4. The van der Waals surface area contributed by atoms with E-state index in [0.29, 0.717) is 26.2 Å². The predicted octanol–water partition coefficient (Wildman–Crippen LogP) is 2.47. The summed E-state index contributed by atoms with van der Waals surface area (Å²) in [5.74, 6) is -0.656. The van der Waals surface area contributed by atoms with Crippen molar-refractivity contribution in [1.82, 2.24) is 9.29 Å². The van der Waals surface area contributed by atoms with E-state index in [-0.39, 0.29) is 10.5 Å². The number of aromatic amines is 1. The fraction of sp³-hybridized carbons (Fsp3) is 0.250. The molecule has 0 aliphatic carbocycles. The molecule has 146 valence electrons. The summed E-state index contributed by atoms with van der Waals surface area (Å²) in [5, 5.41) is 1.12. The fourth-order valence-electron chi connectivity index (χ4n) is 3.62. The maximum atomic E-state index is 13.1. The lowest BCUT2D eigenvalue weighted by Gasteiger charge is -2.35. The van der Waals surface area contributed by atoms with Crippen LogP contribution in [0, 0.1) is 0 Å². The molecule has 7 nitrogen and oxygen atoms in total. The Morgan fingerprint density at radius 2 is 1.75 bits per heavy atom. The van der Waals surface area contributed by atoms with E-state index in [2.05, 4.69) is 9.88 Å². The number of piperazine rings is 1. The first-order valence-corrected chi connectivity index (χ1v) is 10.4. The van der Waals surface area contributed by atoms with Crippen LogP contribution in [0.2, 0.25) is 0 Å². The van der Waals surface area contributed by atoms with Gasteiger partial charge in [0.2, 0.25) is 10.0 Å². The van der Waals surface area contributed by atoms with Crippen LogP contribution in [-0.4, -0.2) is 57.0 Å². The summed E-state index contributed by atoms with van der Waals surface area (Å²) >= 11 is 0. The van der Waals surface area contributed by atoms with Crippen molar-refractivity contribution >= 4 is 32.6 Å². The molecule has 1 aliphatic heterocycles. The molecule has 2 heterocycles. The first-order valence-electron chi connectivity index (χ1n) is 9.01. The molecule has 4 rings (SSSR count). The lowest BCUT2D eigenvalue weighted by atomic mass is 10.2. The molecule has 0 spiro atoms. The van der Waals surface area contributed by atoms with Gasteiger partial charge in [0.15, 0.2) is 0 Å². The molecule has 2 aromatic carbocycles. The molecule has 28 heavy (non-hydrogen) atoms. The van der Waals surface area contributed by atoms with E-state index in [1.807, 2.05) is 30.5 Å². The predicted molar refractivity (Wildman–Crippen MR) is 107 cm³/mol. The smallest absolute Gasteiger partial charge is 0.339 e. The van der Waals surface area contributed by atoms with Gasteiger partial charge < -0.3 is 14.6 Å². The number of sulfonamides is 1. The van der Waals surface area contributed by atoms with Crippen LogP contribution in [0.15, 0.2) is 59.6 Å². The number of H-pyrrole nitrogens is 1. The van der Waals surface area contributed by atoms with E-state index in [4.69, 9.17) is 4.74 Å². The lowest BCUT2D eigenvalue weighted by molar-refractivity contribution is 0.0596. The highest BCUT2D eigenvalue weighted by Crippen LogP contribution is 2.28. The second-order valence-electron chi connectivity index (χ2n) is 6.59. The summed E-state index contributed by atoms with van der Waals surface area (Å²) < 4.78 is 32.4. The van der Waals surface area contributed by atoms with Crippen LogP contribution in [0.5, 0.6) is 0 Å². The van der Waals surface area contributed by atoms with E-state index in [0.717, 1.165) is 16.6 Å². The molecule has 0 amide bonds. The number of nitrogens with one attached hydrogen (secondary N) is 1. The second-order valence-corrected chi connectivity index (χ2v) is 8.50. The average molecular weight is 399 g/mol. The molecular weight excluding hydrogens is 378 g/mol.